The zero-order valence-corrected chi connectivity index (χ0v) is 8.96. The van der Waals surface area contributed by atoms with Gasteiger partial charge in [-0.1, -0.05) is 0 Å². The maximum atomic E-state index is 11.6. The van der Waals surface area contributed by atoms with Crippen LogP contribution < -0.4 is 16.4 Å². The summed E-state index contributed by atoms with van der Waals surface area (Å²) in [6, 6.07) is -0.536. The van der Waals surface area contributed by atoms with Gasteiger partial charge in [-0.25, -0.2) is 9.59 Å². The van der Waals surface area contributed by atoms with E-state index in [1.807, 2.05) is 0 Å². The third kappa shape index (κ3) is 2.95. The van der Waals surface area contributed by atoms with Crippen LogP contribution in [0.3, 0.4) is 0 Å². The van der Waals surface area contributed by atoms with E-state index < -0.39 is 23.3 Å². The van der Waals surface area contributed by atoms with E-state index in [9.17, 15) is 9.59 Å². The molecule has 4 N–H and O–H groups in total. The van der Waals surface area contributed by atoms with Gasteiger partial charge in [-0.05, 0) is 26.8 Å². The fraction of sp³-hybridized carbons (Fsp3) is 0.556. The van der Waals surface area contributed by atoms with Crippen molar-refractivity contribution in [2.24, 2.45) is 5.73 Å². The first-order valence-electron chi connectivity index (χ1n) is 4.52. The number of amides is 2. The lowest BCUT2D eigenvalue weighted by atomic mass is 10.1. The SMILES string of the molecule is CC(C)(C)OC(=O)C1(N)C=CNC(=O)N1. The summed E-state index contributed by atoms with van der Waals surface area (Å²) in [5.74, 6) is -0.693. The lowest BCUT2D eigenvalue weighted by Crippen LogP contribution is -2.65. The lowest BCUT2D eigenvalue weighted by Gasteiger charge is -2.31. The van der Waals surface area contributed by atoms with E-state index >= 15 is 0 Å². The van der Waals surface area contributed by atoms with Gasteiger partial charge < -0.3 is 15.4 Å². The molecule has 0 aromatic carbocycles. The molecule has 6 nitrogen and oxygen atoms in total. The Bertz CT molecular complexity index is 319. The van der Waals surface area contributed by atoms with Gasteiger partial charge in [0.25, 0.3) is 0 Å². The minimum absolute atomic E-state index is 0.536. The maximum absolute atomic E-state index is 11.6. The van der Waals surface area contributed by atoms with Gasteiger partial charge in [-0.15, -0.1) is 0 Å². The van der Waals surface area contributed by atoms with Gasteiger partial charge in [0, 0.05) is 6.20 Å². The van der Waals surface area contributed by atoms with Crippen LogP contribution in [-0.2, 0) is 9.53 Å². The number of urea groups is 1. The van der Waals surface area contributed by atoms with Crippen molar-refractivity contribution in [3.05, 3.63) is 12.3 Å². The molecule has 0 aromatic rings. The van der Waals surface area contributed by atoms with E-state index in [0.29, 0.717) is 0 Å². The van der Waals surface area contributed by atoms with E-state index in [0.717, 1.165) is 0 Å². The Labute approximate surface area is 87.8 Å². The third-order valence-corrected chi connectivity index (χ3v) is 1.62. The number of carbonyl (C=O) groups is 2. The first kappa shape index (κ1) is 11.5. The van der Waals surface area contributed by atoms with Crippen LogP contribution in [0.4, 0.5) is 4.79 Å². The number of hydrogen-bond donors (Lipinski definition) is 3. The molecule has 1 heterocycles. The summed E-state index contributed by atoms with van der Waals surface area (Å²) in [5.41, 5.74) is 3.43. The normalized spacial score (nSPS) is 25.5. The number of nitrogens with one attached hydrogen (secondary N) is 2. The molecule has 1 rings (SSSR count). The fourth-order valence-electron chi connectivity index (χ4n) is 0.996. The highest BCUT2D eigenvalue weighted by Gasteiger charge is 2.38. The zero-order valence-electron chi connectivity index (χ0n) is 8.96. The van der Waals surface area contributed by atoms with Crippen LogP contribution in [0.15, 0.2) is 12.3 Å². The number of esters is 1. The third-order valence-electron chi connectivity index (χ3n) is 1.62. The molecular weight excluding hydrogens is 198 g/mol. The first-order chi connectivity index (χ1) is 6.73. The Morgan fingerprint density at radius 2 is 2.13 bits per heavy atom. The van der Waals surface area contributed by atoms with Crippen molar-refractivity contribution in [3.63, 3.8) is 0 Å². The van der Waals surface area contributed by atoms with Crippen LogP contribution >= 0.6 is 0 Å². The highest BCUT2D eigenvalue weighted by atomic mass is 16.6. The first-order valence-corrected chi connectivity index (χ1v) is 4.52. The van der Waals surface area contributed by atoms with Crippen LogP contribution in [0.1, 0.15) is 20.8 Å². The quantitative estimate of drug-likeness (QED) is 0.526. The van der Waals surface area contributed by atoms with Crippen LogP contribution in [0, 0.1) is 0 Å². The van der Waals surface area contributed by atoms with E-state index in [1.54, 1.807) is 20.8 Å². The van der Waals surface area contributed by atoms with Gasteiger partial charge in [-0.3, -0.25) is 5.73 Å². The molecule has 0 bridgehead atoms. The molecule has 0 saturated carbocycles. The molecule has 0 radical (unpaired) electrons. The number of carbonyl (C=O) groups excluding carboxylic acids is 2. The van der Waals surface area contributed by atoms with Gasteiger partial charge in [0.05, 0.1) is 0 Å². The highest BCUT2D eigenvalue weighted by Crippen LogP contribution is 2.13. The van der Waals surface area contributed by atoms with Gasteiger partial charge in [0.2, 0.25) is 5.66 Å². The molecule has 0 aliphatic carbocycles. The second-order valence-corrected chi connectivity index (χ2v) is 4.30. The van der Waals surface area contributed by atoms with Crippen molar-refractivity contribution in [2.75, 3.05) is 0 Å². The van der Waals surface area contributed by atoms with E-state index in [-0.39, 0.29) is 0 Å². The predicted molar refractivity (Wildman–Crippen MR) is 53.6 cm³/mol. The van der Waals surface area contributed by atoms with Crippen molar-refractivity contribution in [3.8, 4) is 0 Å². The van der Waals surface area contributed by atoms with Crippen molar-refractivity contribution in [2.45, 2.75) is 32.0 Å². The Morgan fingerprint density at radius 1 is 1.53 bits per heavy atom. The smallest absolute Gasteiger partial charge is 0.351 e. The summed E-state index contributed by atoms with van der Waals surface area (Å²) in [4.78, 5) is 22.6. The van der Waals surface area contributed by atoms with Crippen LogP contribution in [0.5, 0.6) is 0 Å². The van der Waals surface area contributed by atoms with E-state index in [4.69, 9.17) is 10.5 Å². The lowest BCUT2D eigenvalue weighted by molar-refractivity contribution is -0.160. The molecule has 0 saturated heterocycles. The van der Waals surface area contributed by atoms with Gasteiger partial charge in [-0.2, -0.15) is 0 Å². The zero-order chi connectivity index (χ0) is 11.7. The highest BCUT2D eigenvalue weighted by molar-refractivity contribution is 5.90. The van der Waals surface area contributed by atoms with E-state index in [2.05, 4.69) is 10.6 Å². The Morgan fingerprint density at radius 3 is 2.60 bits per heavy atom. The Hall–Kier alpha value is -1.56. The van der Waals surface area contributed by atoms with E-state index in [1.165, 1.54) is 12.3 Å². The summed E-state index contributed by atoms with van der Waals surface area (Å²) in [5, 5.41) is 4.62. The predicted octanol–water partition coefficient (Wildman–Crippen LogP) is -0.190. The second kappa shape index (κ2) is 3.54. The number of hydrogen-bond acceptors (Lipinski definition) is 4. The summed E-state index contributed by atoms with van der Waals surface area (Å²) >= 11 is 0. The number of ether oxygens (including phenoxy) is 1. The molecule has 1 aliphatic rings. The minimum atomic E-state index is -1.59. The molecule has 0 spiro atoms. The van der Waals surface area contributed by atoms with Crippen molar-refractivity contribution in [1.82, 2.24) is 10.6 Å². The molecule has 84 valence electrons. The largest absolute Gasteiger partial charge is 0.457 e. The molecule has 1 atom stereocenters. The van der Waals surface area contributed by atoms with Gasteiger partial charge >= 0.3 is 12.0 Å². The van der Waals surface area contributed by atoms with Gasteiger partial charge in [0.1, 0.15) is 5.60 Å². The molecule has 1 aliphatic heterocycles. The molecule has 6 heteroatoms. The monoisotopic (exact) mass is 213 g/mol. The molecule has 1 unspecified atom stereocenters. The average Bonchev–Trinajstić information content (AvgIpc) is 2.00. The van der Waals surface area contributed by atoms with Crippen LogP contribution in [0.25, 0.3) is 0 Å². The average molecular weight is 213 g/mol. The minimum Gasteiger partial charge on any atom is -0.457 e. The fourth-order valence-corrected chi connectivity index (χ4v) is 0.996. The molecule has 0 fully saturated rings. The summed E-state index contributed by atoms with van der Waals surface area (Å²) in [7, 11) is 0. The van der Waals surface area contributed by atoms with Gasteiger partial charge in [0.15, 0.2) is 0 Å². The van der Waals surface area contributed by atoms with Crippen molar-refractivity contribution >= 4 is 12.0 Å². The van der Waals surface area contributed by atoms with Crippen LogP contribution in [-0.4, -0.2) is 23.3 Å². The summed E-state index contributed by atoms with van der Waals surface area (Å²) < 4.78 is 5.07. The summed E-state index contributed by atoms with van der Waals surface area (Å²) in [6.45, 7) is 5.17. The van der Waals surface area contributed by atoms with Crippen molar-refractivity contribution in [1.29, 1.82) is 0 Å². The number of rotatable bonds is 1. The Balaban J connectivity index is 2.78. The molecular formula is C9H15N3O3. The molecule has 2 amide bonds. The van der Waals surface area contributed by atoms with Crippen LogP contribution in [0.2, 0.25) is 0 Å². The number of nitrogens with two attached hydrogens (primary N) is 1. The second-order valence-electron chi connectivity index (χ2n) is 4.30. The molecule has 0 aromatic heterocycles. The van der Waals surface area contributed by atoms with Crippen molar-refractivity contribution < 1.29 is 14.3 Å². The standard InChI is InChI=1S/C9H15N3O3/c1-8(2,3)15-6(13)9(10)4-5-11-7(14)12-9/h4-5H,10H2,1-3H3,(H2,11,12,14). The molecule has 15 heavy (non-hydrogen) atoms. The summed E-state index contributed by atoms with van der Waals surface area (Å²) in [6.07, 6.45) is 2.64. The maximum Gasteiger partial charge on any atom is 0.351 e. The Kier molecular flexibility index (Phi) is 2.72. The topological polar surface area (TPSA) is 93.4 Å².